The quantitative estimate of drug-likeness (QED) is 0.417. The Kier molecular flexibility index (Phi) is 6.60. The first kappa shape index (κ1) is 16.7. The molecule has 0 fully saturated rings. The van der Waals surface area contributed by atoms with Crippen molar-refractivity contribution in [3.8, 4) is 0 Å². The van der Waals surface area contributed by atoms with Gasteiger partial charge in [-0.15, -0.1) is 0 Å². The predicted octanol–water partition coefficient (Wildman–Crippen LogP) is -0.0592. The molecule has 0 bridgehead atoms. The molecule has 124 valence electrons. The molecule has 0 amide bonds. The SMILES string of the molecule is CCOCCNC(=NC)NC1CCc2nc(COC)nn2C1. The van der Waals surface area contributed by atoms with Crippen LogP contribution < -0.4 is 10.6 Å². The second kappa shape index (κ2) is 8.70. The van der Waals surface area contributed by atoms with E-state index in [1.165, 1.54) is 0 Å². The molecule has 0 radical (unpaired) electrons. The average Bonchev–Trinajstić information content (AvgIpc) is 2.92. The van der Waals surface area contributed by atoms with Gasteiger partial charge in [-0.3, -0.25) is 4.99 Å². The maximum absolute atomic E-state index is 5.31. The molecule has 0 saturated carbocycles. The van der Waals surface area contributed by atoms with Crippen molar-refractivity contribution in [2.75, 3.05) is 33.9 Å². The summed E-state index contributed by atoms with van der Waals surface area (Å²) in [7, 11) is 3.43. The van der Waals surface area contributed by atoms with E-state index in [-0.39, 0.29) is 0 Å². The minimum absolute atomic E-state index is 0.294. The zero-order chi connectivity index (χ0) is 15.8. The van der Waals surface area contributed by atoms with Crippen molar-refractivity contribution in [3.05, 3.63) is 11.6 Å². The number of hydrogen-bond donors (Lipinski definition) is 2. The maximum atomic E-state index is 5.31. The number of nitrogens with zero attached hydrogens (tertiary/aromatic N) is 4. The van der Waals surface area contributed by atoms with Crippen molar-refractivity contribution in [2.45, 2.75) is 39.0 Å². The number of aromatic nitrogens is 3. The van der Waals surface area contributed by atoms with Gasteiger partial charge in [0, 0.05) is 39.8 Å². The average molecular weight is 310 g/mol. The van der Waals surface area contributed by atoms with Gasteiger partial charge >= 0.3 is 0 Å². The second-order valence-electron chi connectivity index (χ2n) is 5.14. The highest BCUT2D eigenvalue weighted by Gasteiger charge is 2.22. The van der Waals surface area contributed by atoms with Crippen LogP contribution in [-0.4, -0.2) is 60.7 Å². The van der Waals surface area contributed by atoms with Crippen LogP contribution in [0.15, 0.2) is 4.99 Å². The van der Waals surface area contributed by atoms with E-state index in [4.69, 9.17) is 9.47 Å². The zero-order valence-corrected chi connectivity index (χ0v) is 13.6. The van der Waals surface area contributed by atoms with Crippen LogP contribution in [-0.2, 0) is 29.0 Å². The van der Waals surface area contributed by atoms with E-state index in [9.17, 15) is 0 Å². The fraction of sp³-hybridized carbons (Fsp3) is 0.786. The van der Waals surface area contributed by atoms with Crippen molar-refractivity contribution < 1.29 is 9.47 Å². The molecule has 2 heterocycles. The number of hydrogen-bond acceptors (Lipinski definition) is 5. The number of rotatable bonds is 7. The third kappa shape index (κ3) is 4.67. The Bertz CT molecular complexity index is 488. The van der Waals surface area contributed by atoms with Crippen molar-refractivity contribution in [1.29, 1.82) is 0 Å². The van der Waals surface area contributed by atoms with E-state index in [0.717, 1.165) is 50.1 Å². The summed E-state index contributed by atoms with van der Waals surface area (Å²) in [6.07, 6.45) is 1.92. The van der Waals surface area contributed by atoms with Gasteiger partial charge in [0.2, 0.25) is 0 Å². The number of guanidine groups is 1. The number of aryl methyl sites for hydroxylation is 1. The van der Waals surface area contributed by atoms with Gasteiger partial charge in [0.1, 0.15) is 12.4 Å². The number of aliphatic imine (C=N–C) groups is 1. The molecule has 1 aromatic rings. The first-order chi connectivity index (χ1) is 10.8. The summed E-state index contributed by atoms with van der Waals surface area (Å²) < 4.78 is 12.4. The lowest BCUT2D eigenvalue weighted by Crippen LogP contribution is -2.47. The molecule has 1 aliphatic heterocycles. The standard InChI is InChI=1S/C14H26N6O2/c1-4-22-8-7-16-14(15-2)17-11-5-6-13-18-12(10-21-3)19-20(13)9-11/h11H,4-10H2,1-3H3,(H2,15,16,17). The van der Waals surface area contributed by atoms with Crippen LogP contribution in [0.25, 0.3) is 0 Å². The van der Waals surface area contributed by atoms with Gasteiger partial charge in [0.05, 0.1) is 13.2 Å². The summed E-state index contributed by atoms with van der Waals surface area (Å²) in [4.78, 5) is 8.72. The van der Waals surface area contributed by atoms with E-state index in [1.54, 1.807) is 14.2 Å². The van der Waals surface area contributed by atoms with E-state index >= 15 is 0 Å². The molecule has 1 atom stereocenters. The third-order valence-corrected chi connectivity index (χ3v) is 3.48. The van der Waals surface area contributed by atoms with E-state index in [0.29, 0.717) is 19.3 Å². The summed E-state index contributed by atoms with van der Waals surface area (Å²) in [6, 6.07) is 0.294. The molecule has 8 heteroatoms. The minimum Gasteiger partial charge on any atom is -0.380 e. The lowest BCUT2D eigenvalue weighted by Gasteiger charge is -2.25. The van der Waals surface area contributed by atoms with Crippen molar-refractivity contribution in [1.82, 2.24) is 25.4 Å². The first-order valence-corrected chi connectivity index (χ1v) is 7.73. The van der Waals surface area contributed by atoms with Crippen LogP contribution in [0.2, 0.25) is 0 Å². The Morgan fingerprint density at radius 2 is 2.36 bits per heavy atom. The maximum Gasteiger partial charge on any atom is 0.191 e. The van der Waals surface area contributed by atoms with Crippen LogP contribution in [0.4, 0.5) is 0 Å². The van der Waals surface area contributed by atoms with Gasteiger partial charge in [-0.25, -0.2) is 9.67 Å². The summed E-state index contributed by atoms with van der Waals surface area (Å²) >= 11 is 0. The predicted molar refractivity (Wildman–Crippen MR) is 83.8 cm³/mol. The van der Waals surface area contributed by atoms with Crippen LogP contribution in [0.3, 0.4) is 0 Å². The van der Waals surface area contributed by atoms with Gasteiger partial charge in [-0.05, 0) is 13.3 Å². The lowest BCUT2D eigenvalue weighted by atomic mass is 10.1. The molecule has 22 heavy (non-hydrogen) atoms. The third-order valence-electron chi connectivity index (χ3n) is 3.48. The first-order valence-electron chi connectivity index (χ1n) is 7.73. The fourth-order valence-corrected chi connectivity index (χ4v) is 2.44. The van der Waals surface area contributed by atoms with Gasteiger partial charge in [0.15, 0.2) is 11.8 Å². The van der Waals surface area contributed by atoms with Gasteiger partial charge in [-0.2, -0.15) is 5.10 Å². The molecule has 1 aliphatic rings. The van der Waals surface area contributed by atoms with Crippen molar-refractivity contribution in [2.24, 2.45) is 4.99 Å². The van der Waals surface area contributed by atoms with Crippen molar-refractivity contribution in [3.63, 3.8) is 0 Å². The number of fused-ring (bicyclic) bond motifs is 1. The Morgan fingerprint density at radius 1 is 1.50 bits per heavy atom. The minimum atomic E-state index is 0.294. The van der Waals surface area contributed by atoms with Crippen LogP contribution in [0.1, 0.15) is 25.0 Å². The van der Waals surface area contributed by atoms with Gasteiger partial charge in [-0.1, -0.05) is 0 Å². The number of nitrogens with one attached hydrogen (secondary N) is 2. The molecular weight excluding hydrogens is 284 g/mol. The van der Waals surface area contributed by atoms with Crippen LogP contribution in [0, 0.1) is 0 Å². The lowest BCUT2D eigenvalue weighted by molar-refractivity contribution is 0.152. The number of methoxy groups -OCH3 is 1. The summed E-state index contributed by atoms with van der Waals surface area (Å²) in [5.41, 5.74) is 0. The molecule has 0 aliphatic carbocycles. The summed E-state index contributed by atoms with van der Waals surface area (Å²) in [5, 5.41) is 11.1. The Hall–Kier alpha value is -1.67. The molecule has 1 aromatic heterocycles. The highest BCUT2D eigenvalue weighted by atomic mass is 16.5. The normalized spacial score (nSPS) is 18.1. The highest BCUT2D eigenvalue weighted by molar-refractivity contribution is 5.79. The smallest absolute Gasteiger partial charge is 0.191 e. The Labute approximate surface area is 131 Å². The topological polar surface area (TPSA) is 85.6 Å². The second-order valence-corrected chi connectivity index (χ2v) is 5.14. The molecule has 1 unspecified atom stereocenters. The van der Waals surface area contributed by atoms with E-state index in [1.807, 2.05) is 11.6 Å². The summed E-state index contributed by atoms with van der Waals surface area (Å²) in [6.45, 7) is 5.39. The summed E-state index contributed by atoms with van der Waals surface area (Å²) in [5.74, 6) is 2.58. The molecule has 0 spiro atoms. The Morgan fingerprint density at radius 3 is 3.09 bits per heavy atom. The van der Waals surface area contributed by atoms with Gasteiger partial charge in [0.25, 0.3) is 0 Å². The van der Waals surface area contributed by atoms with Crippen LogP contribution in [0.5, 0.6) is 0 Å². The fourth-order valence-electron chi connectivity index (χ4n) is 2.44. The number of ether oxygens (including phenoxy) is 2. The molecule has 2 N–H and O–H groups in total. The largest absolute Gasteiger partial charge is 0.380 e. The molecule has 2 rings (SSSR count). The van der Waals surface area contributed by atoms with Gasteiger partial charge < -0.3 is 20.1 Å². The zero-order valence-electron chi connectivity index (χ0n) is 13.6. The molecule has 8 nitrogen and oxygen atoms in total. The molecular formula is C14H26N6O2. The van der Waals surface area contributed by atoms with Crippen LogP contribution >= 0.6 is 0 Å². The monoisotopic (exact) mass is 310 g/mol. The molecule has 0 saturated heterocycles. The Balaban J connectivity index is 1.83. The molecule has 0 aromatic carbocycles. The van der Waals surface area contributed by atoms with Crippen molar-refractivity contribution >= 4 is 5.96 Å². The van der Waals surface area contributed by atoms with E-state index in [2.05, 4.69) is 25.7 Å². The van der Waals surface area contributed by atoms with E-state index < -0.39 is 0 Å². The highest BCUT2D eigenvalue weighted by Crippen LogP contribution is 2.13.